The van der Waals surface area contributed by atoms with Gasteiger partial charge in [-0.1, -0.05) is 19.3 Å². The molecule has 3 heterocycles. The van der Waals surface area contributed by atoms with Gasteiger partial charge in [-0.3, -0.25) is 14.6 Å². The summed E-state index contributed by atoms with van der Waals surface area (Å²) in [4.78, 5) is 24.0. The van der Waals surface area contributed by atoms with Crippen molar-refractivity contribution >= 4 is 22.4 Å². The number of hydrogen-bond acceptors (Lipinski definition) is 5. The predicted octanol–water partition coefficient (Wildman–Crippen LogP) is 2.69. The van der Waals surface area contributed by atoms with E-state index in [1.807, 2.05) is 16.2 Å². The largest absolute Gasteiger partial charge is 0.313 e. The van der Waals surface area contributed by atoms with Crippen LogP contribution in [0.4, 0.5) is 5.13 Å². The molecule has 2 saturated carbocycles. The van der Waals surface area contributed by atoms with Crippen LogP contribution in [0.1, 0.15) is 67.4 Å². The van der Waals surface area contributed by atoms with Crippen LogP contribution in [0.2, 0.25) is 0 Å². The fourth-order valence-electron chi connectivity index (χ4n) is 4.72. The van der Waals surface area contributed by atoms with E-state index in [1.54, 1.807) is 0 Å². The lowest BCUT2D eigenvalue weighted by Gasteiger charge is -2.42. The van der Waals surface area contributed by atoms with Gasteiger partial charge in [-0.15, -0.1) is 11.3 Å². The first-order valence-electron chi connectivity index (χ1n) is 10.1. The summed E-state index contributed by atoms with van der Waals surface area (Å²) < 4.78 is 0. The molecule has 2 aliphatic heterocycles. The molecule has 0 bridgehead atoms. The summed E-state index contributed by atoms with van der Waals surface area (Å²) in [6, 6.07) is 0.00825. The average molecular weight is 361 g/mol. The lowest BCUT2D eigenvalue weighted by molar-refractivity contribution is -0.126. The molecule has 1 N–H and O–H groups in total. The Balaban J connectivity index is 1.42. The Morgan fingerprint density at radius 1 is 1.00 bits per heavy atom. The quantitative estimate of drug-likeness (QED) is 0.900. The van der Waals surface area contributed by atoms with Crippen LogP contribution < -0.4 is 10.2 Å². The highest BCUT2D eigenvalue weighted by molar-refractivity contribution is 7.16. The van der Waals surface area contributed by atoms with Crippen LogP contribution >= 0.6 is 11.3 Å². The smallest absolute Gasteiger partial charge is 0.247 e. The zero-order chi connectivity index (χ0) is 16.8. The van der Waals surface area contributed by atoms with Crippen LogP contribution in [0, 0.1) is 0 Å². The van der Waals surface area contributed by atoms with E-state index in [2.05, 4.69) is 10.2 Å². The molecular formula is C19H28N4OS. The van der Waals surface area contributed by atoms with E-state index >= 15 is 0 Å². The summed E-state index contributed by atoms with van der Waals surface area (Å²) >= 11 is 1.84. The van der Waals surface area contributed by atoms with Crippen molar-refractivity contribution < 1.29 is 4.79 Å². The third kappa shape index (κ3) is 3.02. The second-order valence-corrected chi connectivity index (χ2v) is 9.11. The number of amides is 1. The minimum atomic E-state index is 0.00825. The number of carbonyl (C=O) groups excluding carboxylic acids is 1. The molecule has 4 aliphatic rings. The maximum absolute atomic E-state index is 13.1. The van der Waals surface area contributed by atoms with Gasteiger partial charge >= 0.3 is 0 Å². The molecule has 1 amide bonds. The first-order valence-corrected chi connectivity index (χ1v) is 10.9. The van der Waals surface area contributed by atoms with Crippen LogP contribution in [-0.2, 0) is 4.79 Å². The van der Waals surface area contributed by atoms with Crippen LogP contribution in [0.5, 0.6) is 0 Å². The van der Waals surface area contributed by atoms with Crippen molar-refractivity contribution in [3.63, 3.8) is 0 Å². The second-order valence-electron chi connectivity index (χ2n) is 8.10. The third-order valence-electron chi connectivity index (χ3n) is 6.36. The Morgan fingerprint density at radius 3 is 2.64 bits per heavy atom. The predicted molar refractivity (Wildman–Crippen MR) is 100 cm³/mol. The highest BCUT2D eigenvalue weighted by Crippen LogP contribution is 2.49. The summed E-state index contributed by atoms with van der Waals surface area (Å²) in [5.41, 5.74) is 1.35. The molecule has 25 heavy (non-hydrogen) atoms. The number of rotatable bonds is 3. The molecule has 5 rings (SSSR count). The number of nitrogens with zero attached hydrogens (tertiary/aromatic N) is 3. The van der Waals surface area contributed by atoms with Gasteiger partial charge in [0, 0.05) is 43.5 Å². The number of aromatic nitrogens is 1. The van der Waals surface area contributed by atoms with Crippen molar-refractivity contribution in [3.05, 3.63) is 10.6 Å². The molecule has 0 spiro atoms. The zero-order valence-corrected chi connectivity index (χ0v) is 15.7. The molecule has 5 nitrogen and oxygen atoms in total. The van der Waals surface area contributed by atoms with Gasteiger partial charge in [0.2, 0.25) is 5.91 Å². The monoisotopic (exact) mass is 360 g/mol. The first kappa shape index (κ1) is 16.2. The summed E-state index contributed by atoms with van der Waals surface area (Å²) in [5, 5.41) is 4.36. The second kappa shape index (κ2) is 6.63. The molecule has 136 valence electrons. The SMILES string of the molecule is O=C1[C@H]2CNCCN2CCN1c1nc(C2CC2)c(C2CCCCC2)s1. The fraction of sp³-hybridized carbons (Fsp3) is 0.789. The van der Waals surface area contributed by atoms with E-state index < -0.39 is 0 Å². The first-order chi connectivity index (χ1) is 12.3. The number of fused-ring (bicyclic) bond motifs is 1. The Hall–Kier alpha value is -0.980. The minimum absolute atomic E-state index is 0.00825. The maximum Gasteiger partial charge on any atom is 0.247 e. The van der Waals surface area contributed by atoms with Crippen molar-refractivity contribution in [3.8, 4) is 0 Å². The highest BCUT2D eigenvalue weighted by atomic mass is 32.1. The average Bonchev–Trinajstić information content (AvgIpc) is 3.42. The van der Waals surface area contributed by atoms with Crippen LogP contribution in [0.25, 0.3) is 0 Å². The van der Waals surface area contributed by atoms with Gasteiger partial charge in [0.15, 0.2) is 5.13 Å². The Morgan fingerprint density at radius 2 is 1.84 bits per heavy atom. The van der Waals surface area contributed by atoms with Gasteiger partial charge in [-0.25, -0.2) is 4.98 Å². The molecule has 6 heteroatoms. The van der Waals surface area contributed by atoms with Gasteiger partial charge in [-0.2, -0.15) is 0 Å². The van der Waals surface area contributed by atoms with Crippen LogP contribution in [0.3, 0.4) is 0 Å². The fourth-order valence-corrected chi connectivity index (χ4v) is 6.07. The summed E-state index contributed by atoms with van der Waals surface area (Å²) in [7, 11) is 0. The van der Waals surface area contributed by atoms with E-state index in [4.69, 9.17) is 4.98 Å². The molecule has 1 aromatic heterocycles. The van der Waals surface area contributed by atoms with Crippen LogP contribution in [-0.4, -0.2) is 54.6 Å². The van der Waals surface area contributed by atoms with Gasteiger partial charge in [0.25, 0.3) is 0 Å². The van der Waals surface area contributed by atoms with E-state index in [0.717, 1.165) is 37.9 Å². The molecule has 4 fully saturated rings. The zero-order valence-electron chi connectivity index (χ0n) is 14.9. The maximum atomic E-state index is 13.1. The standard InChI is InChI=1S/C19H28N4OS/c24-18-15-12-20-8-9-22(15)10-11-23(18)19-21-16(13-6-7-13)17(25-19)14-4-2-1-3-5-14/h13-15,20H,1-12H2/t15-/m1/s1. The lowest BCUT2D eigenvalue weighted by atomic mass is 9.87. The molecule has 2 saturated heterocycles. The van der Waals surface area contributed by atoms with Crippen molar-refractivity contribution in [1.82, 2.24) is 15.2 Å². The van der Waals surface area contributed by atoms with Crippen LogP contribution in [0.15, 0.2) is 0 Å². The molecular weight excluding hydrogens is 332 g/mol. The van der Waals surface area contributed by atoms with E-state index in [9.17, 15) is 4.79 Å². The van der Waals surface area contributed by atoms with E-state index in [1.165, 1.54) is 55.5 Å². The number of hydrogen-bond donors (Lipinski definition) is 1. The number of carbonyl (C=O) groups is 1. The summed E-state index contributed by atoms with van der Waals surface area (Å²) in [5.74, 6) is 1.63. The van der Waals surface area contributed by atoms with Crippen molar-refractivity contribution in [2.45, 2.75) is 62.8 Å². The third-order valence-corrected chi connectivity index (χ3v) is 7.61. The van der Waals surface area contributed by atoms with Gasteiger partial charge in [0.05, 0.1) is 5.69 Å². The van der Waals surface area contributed by atoms with Gasteiger partial charge < -0.3 is 5.32 Å². The molecule has 0 radical (unpaired) electrons. The van der Waals surface area contributed by atoms with E-state index in [0.29, 0.717) is 11.8 Å². The molecule has 2 aliphatic carbocycles. The Bertz CT molecular complexity index is 650. The lowest BCUT2D eigenvalue weighted by Crippen LogP contribution is -2.64. The molecule has 1 atom stereocenters. The Labute approximate surface area is 153 Å². The molecule has 0 unspecified atom stereocenters. The summed E-state index contributed by atoms with van der Waals surface area (Å²) in [6.07, 6.45) is 9.30. The molecule has 1 aromatic rings. The van der Waals surface area contributed by atoms with Crippen molar-refractivity contribution in [2.75, 3.05) is 37.6 Å². The van der Waals surface area contributed by atoms with Crippen molar-refractivity contribution in [1.29, 1.82) is 0 Å². The Kier molecular flexibility index (Phi) is 4.30. The van der Waals surface area contributed by atoms with Gasteiger partial charge in [0.1, 0.15) is 6.04 Å². The normalized spacial score (nSPS) is 29.0. The van der Waals surface area contributed by atoms with Gasteiger partial charge in [-0.05, 0) is 31.6 Å². The van der Waals surface area contributed by atoms with E-state index in [-0.39, 0.29) is 11.9 Å². The highest BCUT2D eigenvalue weighted by Gasteiger charge is 2.40. The van der Waals surface area contributed by atoms with Crippen molar-refractivity contribution in [2.24, 2.45) is 0 Å². The molecule has 0 aromatic carbocycles. The number of nitrogens with one attached hydrogen (secondary N) is 1. The number of thiazole rings is 1. The number of anilines is 1. The topological polar surface area (TPSA) is 48.5 Å². The number of piperazine rings is 2. The summed E-state index contributed by atoms with van der Waals surface area (Å²) in [6.45, 7) is 4.55. The minimum Gasteiger partial charge on any atom is -0.313 e.